The molecule has 0 aliphatic carbocycles. The van der Waals surface area contributed by atoms with Crippen molar-refractivity contribution in [2.75, 3.05) is 7.11 Å². The van der Waals surface area contributed by atoms with Gasteiger partial charge in [-0.05, 0) is 0 Å². The lowest BCUT2D eigenvalue weighted by Crippen LogP contribution is -2.18. The molecule has 1 aromatic heterocycles. The second-order valence-corrected chi connectivity index (χ2v) is 3.66. The molecule has 0 bridgehead atoms. The van der Waals surface area contributed by atoms with Crippen LogP contribution in [0.25, 0.3) is 0 Å². The fourth-order valence-corrected chi connectivity index (χ4v) is 1.87. The first kappa shape index (κ1) is 14.6. The van der Waals surface area contributed by atoms with Crippen LogP contribution in [0.15, 0.2) is 6.20 Å². The van der Waals surface area contributed by atoms with E-state index in [2.05, 4.69) is 25.7 Å². The lowest BCUT2D eigenvalue weighted by atomic mass is 10.1. The van der Waals surface area contributed by atoms with Crippen molar-refractivity contribution in [1.29, 1.82) is 5.26 Å². The molecule has 98 valence electrons. The van der Waals surface area contributed by atoms with Crippen molar-refractivity contribution in [3.05, 3.63) is 17.5 Å². The molecule has 0 N–H and O–H groups in total. The summed E-state index contributed by atoms with van der Waals surface area (Å²) in [5, 5.41) is 8.68. The van der Waals surface area contributed by atoms with Crippen LogP contribution in [0.5, 0.6) is 11.5 Å². The Bertz CT molecular complexity index is 471. The molecular formula is C10H8BrF3N2O2. The zero-order valence-corrected chi connectivity index (χ0v) is 10.8. The van der Waals surface area contributed by atoms with Crippen molar-refractivity contribution in [3.63, 3.8) is 0 Å². The Morgan fingerprint density at radius 3 is 2.61 bits per heavy atom. The molecule has 0 aromatic carbocycles. The Morgan fingerprint density at radius 1 is 1.50 bits per heavy atom. The van der Waals surface area contributed by atoms with Gasteiger partial charge < -0.3 is 9.47 Å². The SMILES string of the molecule is COc1c(CC#N)ncc(OC(F)(F)F)c1CBr. The molecule has 0 unspecified atom stereocenters. The minimum absolute atomic E-state index is 0.0600. The van der Waals surface area contributed by atoms with Crippen LogP contribution in [-0.4, -0.2) is 18.5 Å². The predicted octanol–water partition coefficient (Wildman–Crippen LogP) is 2.95. The van der Waals surface area contributed by atoms with E-state index >= 15 is 0 Å². The maximum Gasteiger partial charge on any atom is 0.573 e. The van der Waals surface area contributed by atoms with Gasteiger partial charge in [-0.25, -0.2) is 0 Å². The number of hydrogen-bond donors (Lipinski definition) is 0. The van der Waals surface area contributed by atoms with E-state index in [9.17, 15) is 13.2 Å². The Kier molecular flexibility index (Phi) is 4.78. The third-order valence-corrected chi connectivity index (χ3v) is 2.54. The highest BCUT2D eigenvalue weighted by Gasteiger charge is 2.33. The largest absolute Gasteiger partial charge is 0.573 e. The van der Waals surface area contributed by atoms with Gasteiger partial charge in [-0.15, -0.1) is 13.2 Å². The standard InChI is InChI=1S/C10H8BrF3N2O2/c1-17-9-6(4-11)8(18-10(12,13)14)5-16-7(9)2-3-15/h5H,2,4H2,1H3. The molecule has 1 rings (SSSR count). The normalized spacial score (nSPS) is 10.9. The molecule has 0 aliphatic heterocycles. The second kappa shape index (κ2) is 5.91. The topological polar surface area (TPSA) is 55.1 Å². The number of hydrogen-bond acceptors (Lipinski definition) is 4. The molecule has 4 nitrogen and oxygen atoms in total. The highest BCUT2D eigenvalue weighted by Crippen LogP contribution is 2.35. The fourth-order valence-electron chi connectivity index (χ4n) is 1.34. The summed E-state index contributed by atoms with van der Waals surface area (Å²) in [6.07, 6.45) is -3.94. The van der Waals surface area contributed by atoms with Crippen LogP contribution in [0.2, 0.25) is 0 Å². The van der Waals surface area contributed by atoms with Gasteiger partial charge in [0.25, 0.3) is 0 Å². The number of methoxy groups -OCH3 is 1. The smallest absolute Gasteiger partial charge is 0.494 e. The van der Waals surface area contributed by atoms with Crippen LogP contribution in [0, 0.1) is 11.3 Å². The molecule has 0 saturated heterocycles. The molecule has 0 amide bonds. The van der Waals surface area contributed by atoms with Gasteiger partial charge in [-0.3, -0.25) is 4.98 Å². The van der Waals surface area contributed by atoms with Crippen LogP contribution < -0.4 is 9.47 Å². The fraction of sp³-hybridized carbons (Fsp3) is 0.400. The summed E-state index contributed by atoms with van der Waals surface area (Å²) in [7, 11) is 1.29. The average molecular weight is 325 g/mol. The number of nitriles is 1. The predicted molar refractivity (Wildman–Crippen MR) is 59.4 cm³/mol. The van der Waals surface area contributed by atoms with E-state index in [1.807, 2.05) is 6.07 Å². The van der Waals surface area contributed by atoms with Crippen molar-refractivity contribution in [3.8, 4) is 17.6 Å². The van der Waals surface area contributed by atoms with Gasteiger partial charge in [-0.1, -0.05) is 15.9 Å². The number of ether oxygens (including phenoxy) is 2. The maximum atomic E-state index is 12.2. The number of pyridine rings is 1. The molecule has 0 radical (unpaired) electrons. The minimum Gasteiger partial charge on any atom is -0.494 e. The summed E-state index contributed by atoms with van der Waals surface area (Å²) in [6, 6.07) is 1.86. The molecular weight excluding hydrogens is 317 g/mol. The van der Waals surface area contributed by atoms with Crippen molar-refractivity contribution < 1.29 is 22.6 Å². The number of alkyl halides is 4. The Labute approximate surface area is 109 Å². The summed E-state index contributed by atoms with van der Waals surface area (Å²) in [6.45, 7) is 0. The maximum absolute atomic E-state index is 12.2. The van der Waals surface area contributed by atoms with Gasteiger partial charge in [0.05, 0.1) is 37.1 Å². The second-order valence-electron chi connectivity index (χ2n) is 3.10. The zero-order valence-electron chi connectivity index (χ0n) is 9.21. The van der Waals surface area contributed by atoms with Crippen molar-refractivity contribution in [2.24, 2.45) is 0 Å². The van der Waals surface area contributed by atoms with Crippen LogP contribution in [-0.2, 0) is 11.8 Å². The molecule has 0 fully saturated rings. The number of nitrogens with zero attached hydrogens (tertiary/aromatic N) is 2. The average Bonchev–Trinajstić information content (AvgIpc) is 2.28. The molecule has 0 aliphatic rings. The van der Waals surface area contributed by atoms with Crippen LogP contribution in [0.3, 0.4) is 0 Å². The first-order chi connectivity index (χ1) is 8.42. The monoisotopic (exact) mass is 324 g/mol. The van der Waals surface area contributed by atoms with Gasteiger partial charge in [0.15, 0.2) is 5.75 Å². The zero-order chi connectivity index (χ0) is 13.8. The van der Waals surface area contributed by atoms with Gasteiger partial charge in [0, 0.05) is 5.33 Å². The number of aromatic nitrogens is 1. The summed E-state index contributed by atoms with van der Waals surface area (Å²) < 4.78 is 45.4. The van der Waals surface area contributed by atoms with Crippen molar-refractivity contribution in [2.45, 2.75) is 18.1 Å². The first-order valence-corrected chi connectivity index (χ1v) is 5.78. The third kappa shape index (κ3) is 3.50. The number of rotatable bonds is 4. The summed E-state index contributed by atoms with van der Waals surface area (Å²) in [4.78, 5) is 3.74. The molecule has 1 aromatic rings. The van der Waals surface area contributed by atoms with E-state index in [0.717, 1.165) is 6.20 Å². The molecule has 0 saturated carbocycles. The van der Waals surface area contributed by atoms with Crippen LogP contribution in [0.1, 0.15) is 11.3 Å². The Balaban J connectivity index is 3.26. The van der Waals surface area contributed by atoms with E-state index in [-0.39, 0.29) is 28.8 Å². The van der Waals surface area contributed by atoms with Crippen molar-refractivity contribution >= 4 is 15.9 Å². The van der Waals surface area contributed by atoms with Gasteiger partial charge in [0.1, 0.15) is 5.75 Å². The highest BCUT2D eigenvalue weighted by molar-refractivity contribution is 9.08. The highest BCUT2D eigenvalue weighted by atomic mass is 79.9. The van der Waals surface area contributed by atoms with E-state index in [0.29, 0.717) is 0 Å². The van der Waals surface area contributed by atoms with Gasteiger partial charge in [0.2, 0.25) is 0 Å². The van der Waals surface area contributed by atoms with E-state index < -0.39 is 12.1 Å². The number of halogens is 4. The molecule has 0 atom stereocenters. The van der Waals surface area contributed by atoms with E-state index in [4.69, 9.17) is 10.00 Å². The molecule has 18 heavy (non-hydrogen) atoms. The Hall–Kier alpha value is -1.49. The summed E-state index contributed by atoms with van der Waals surface area (Å²) >= 11 is 3.05. The molecule has 1 heterocycles. The van der Waals surface area contributed by atoms with Gasteiger partial charge in [-0.2, -0.15) is 5.26 Å². The van der Waals surface area contributed by atoms with E-state index in [1.165, 1.54) is 7.11 Å². The lowest BCUT2D eigenvalue weighted by molar-refractivity contribution is -0.275. The Morgan fingerprint density at radius 2 is 2.17 bits per heavy atom. The quantitative estimate of drug-likeness (QED) is 0.799. The van der Waals surface area contributed by atoms with Crippen LogP contribution >= 0.6 is 15.9 Å². The van der Waals surface area contributed by atoms with Gasteiger partial charge >= 0.3 is 6.36 Å². The summed E-state index contributed by atoms with van der Waals surface area (Å²) in [5.41, 5.74) is 0.430. The van der Waals surface area contributed by atoms with Crippen molar-refractivity contribution in [1.82, 2.24) is 4.98 Å². The first-order valence-electron chi connectivity index (χ1n) is 4.66. The molecule has 8 heteroatoms. The summed E-state index contributed by atoms with van der Waals surface area (Å²) in [5.74, 6) is -0.326. The lowest BCUT2D eigenvalue weighted by Gasteiger charge is -2.16. The molecule has 0 spiro atoms. The third-order valence-electron chi connectivity index (χ3n) is 1.98. The van der Waals surface area contributed by atoms with E-state index in [1.54, 1.807) is 0 Å². The van der Waals surface area contributed by atoms with Crippen LogP contribution in [0.4, 0.5) is 13.2 Å². The minimum atomic E-state index is -4.81.